The van der Waals surface area contributed by atoms with Crippen LogP contribution in [0.25, 0.3) is 17.0 Å². The van der Waals surface area contributed by atoms with Crippen molar-refractivity contribution in [1.29, 1.82) is 0 Å². The Bertz CT molecular complexity index is 769. The molecule has 0 aliphatic carbocycles. The summed E-state index contributed by atoms with van der Waals surface area (Å²) in [6, 6.07) is 8.06. The molecular formula is C16H17N3O2. The topological polar surface area (TPSA) is 55.6 Å². The fourth-order valence-corrected chi connectivity index (χ4v) is 2.40. The first kappa shape index (κ1) is 13.4. The van der Waals surface area contributed by atoms with Gasteiger partial charge < -0.3 is 9.30 Å². The van der Waals surface area contributed by atoms with Crippen LogP contribution in [0, 0.1) is 0 Å². The van der Waals surface area contributed by atoms with Gasteiger partial charge in [0.2, 0.25) is 5.90 Å². The molecule has 0 unspecified atom stereocenters. The number of hydrogen-bond acceptors (Lipinski definition) is 3. The zero-order chi connectivity index (χ0) is 15.0. The van der Waals surface area contributed by atoms with Crippen molar-refractivity contribution in [3.63, 3.8) is 0 Å². The van der Waals surface area contributed by atoms with Crippen LogP contribution < -0.4 is 5.43 Å². The summed E-state index contributed by atoms with van der Waals surface area (Å²) in [5.74, 6) is 0.113. The van der Waals surface area contributed by atoms with Crippen LogP contribution in [0.2, 0.25) is 0 Å². The van der Waals surface area contributed by atoms with Crippen LogP contribution in [0.1, 0.15) is 19.4 Å². The maximum Gasteiger partial charge on any atom is 0.277 e. The number of ether oxygens (including phenoxy) is 1. The van der Waals surface area contributed by atoms with Gasteiger partial charge in [-0.1, -0.05) is 18.2 Å². The van der Waals surface area contributed by atoms with Crippen molar-refractivity contribution in [3.05, 3.63) is 41.6 Å². The number of aromatic nitrogens is 1. The maximum absolute atomic E-state index is 11.9. The molecule has 1 amide bonds. The molecule has 5 nitrogen and oxygen atoms in total. The van der Waals surface area contributed by atoms with Crippen LogP contribution >= 0.6 is 0 Å². The van der Waals surface area contributed by atoms with E-state index in [1.165, 1.54) is 0 Å². The molecule has 1 aromatic heterocycles. The predicted molar refractivity (Wildman–Crippen MR) is 82.7 cm³/mol. The number of carbonyl (C=O) groups excluding carboxylic acids is 1. The SMILES string of the molecule is CC(C)OC1=NNC(=O)C1=Cc1cn(C)c2ccccc12. The molecule has 1 aliphatic rings. The van der Waals surface area contributed by atoms with Crippen LogP contribution in [0.4, 0.5) is 0 Å². The fraction of sp³-hybridized carbons (Fsp3) is 0.250. The Balaban J connectivity index is 2.06. The van der Waals surface area contributed by atoms with E-state index in [0.29, 0.717) is 11.5 Å². The Morgan fingerprint density at radius 2 is 2.10 bits per heavy atom. The lowest BCUT2D eigenvalue weighted by atomic mass is 10.1. The lowest BCUT2D eigenvalue weighted by molar-refractivity contribution is -0.116. The van der Waals surface area contributed by atoms with Gasteiger partial charge in [-0.3, -0.25) is 4.79 Å². The van der Waals surface area contributed by atoms with Crippen molar-refractivity contribution in [1.82, 2.24) is 9.99 Å². The van der Waals surface area contributed by atoms with Crippen molar-refractivity contribution in [2.45, 2.75) is 20.0 Å². The minimum absolute atomic E-state index is 0.0348. The number of nitrogens with zero attached hydrogens (tertiary/aromatic N) is 2. The summed E-state index contributed by atoms with van der Waals surface area (Å²) >= 11 is 0. The third-order valence-corrected chi connectivity index (χ3v) is 3.31. The number of amides is 1. The lowest BCUT2D eigenvalue weighted by Crippen LogP contribution is -2.16. The number of aryl methyl sites for hydroxylation is 1. The second kappa shape index (κ2) is 5.09. The van der Waals surface area contributed by atoms with Gasteiger partial charge in [-0.25, -0.2) is 5.43 Å². The van der Waals surface area contributed by atoms with Crippen molar-refractivity contribution in [2.24, 2.45) is 12.1 Å². The van der Waals surface area contributed by atoms with E-state index in [9.17, 15) is 4.79 Å². The highest BCUT2D eigenvalue weighted by atomic mass is 16.5. The van der Waals surface area contributed by atoms with Gasteiger partial charge in [-0.05, 0) is 26.0 Å². The van der Waals surface area contributed by atoms with Crippen LogP contribution in [-0.4, -0.2) is 22.5 Å². The summed E-state index contributed by atoms with van der Waals surface area (Å²) in [5.41, 5.74) is 5.00. The van der Waals surface area contributed by atoms with E-state index in [2.05, 4.69) is 10.5 Å². The molecule has 108 valence electrons. The van der Waals surface area contributed by atoms with E-state index in [0.717, 1.165) is 16.5 Å². The molecule has 0 spiro atoms. The first-order valence-electron chi connectivity index (χ1n) is 6.87. The monoisotopic (exact) mass is 283 g/mol. The Hall–Kier alpha value is -2.56. The summed E-state index contributed by atoms with van der Waals surface area (Å²) in [7, 11) is 1.98. The third-order valence-electron chi connectivity index (χ3n) is 3.31. The second-order valence-electron chi connectivity index (χ2n) is 5.29. The summed E-state index contributed by atoms with van der Waals surface area (Å²) in [6.07, 6.45) is 3.79. The molecule has 0 saturated heterocycles. The number of benzene rings is 1. The van der Waals surface area contributed by atoms with E-state index in [-0.39, 0.29) is 12.0 Å². The number of rotatable bonds is 2. The molecule has 1 aromatic carbocycles. The van der Waals surface area contributed by atoms with Crippen molar-refractivity contribution >= 4 is 28.8 Å². The third kappa shape index (κ3) is 2.42. The fourth-order valence-electron chi connectivity index (χ4n) is 2.40. The Labute approximate surface area is 122 Å². The van der Waals surface area contributed by atoms with Gasteiger partial charge in [0, 0.05) is 29.7 Å². The summed E-state index contributed by atoms with van der Waals surface area (Å²) < 4.78 is 7.61. The average molecular weight is 283 g/mol. The Morgan fingerprint density at radius 3 is 2.86 bits per heavy atom. The molecular weight excluding hydrogens is 266 g/mol. The van der Waals surface area contributed by atoms with Gasteiger partial charge in [-0.15, -0.1) is 5.10 Å². The minimum atomic E-state index is -0.237. The first-order valence-corrected chi connectivity index (χ1v) is 6.87. The second-order valence-corrected chi connectivity index (χ2v) is 5.29. The molecule has 1 aliphatic heterocycles. The zero-order valence-electron chi connectivity index (χ0n) is 12.3. The Kier molecular flexibility index (Phi) is 3.25. The largest absolute Gasteiger partial charge is 0.473 e. The highest BCUT2D eigenvalue weighted by Crippen LogP contribution is 2.24. The van der Waals surface area contributed by atoms with Crippen molar-refractivity contribution in [2.75, 3.05) is 0 Å². The van der Waals surface area contributed by atoms with E-state index in [4.69, 9.17) is 4.74 Å². The van der Waals surface area contributed by atoms with Crippen molar-refractivity contribution in [3.8, 4) is 0 Å². The molecule has 0 saturated carbocycles. The van der Waals surface area contributed by atoms with Crippen LogP contribution in [0.15, 0.2) is 41.1 Å². The molecule has 0 radical (unpaired) electrons. The number of fused-ring (bicyclic) bond motifs is 1. The number of nitrogens with one attached hydrogen (secondary N) is 1. The van der Waals surface area contributed by atoms with Gasteiger partial charge in [0.25, 0.3) is 5.91 Å². The summed E-state index contributed by atoms with van der Waals surface area (Å²) in [5, 5.41) is 5.03. The minimum Gasteiger partial charge on any atom is -0.473 e. The van der Waals surface area contributed by atoms with Crippen LogP contribution in [0.5, 0.6) is 0 Å². The maximum atomic E-state index is 11.9. The zero-order valence-corrected chi connectivity index (χ0v) is 12.3. The van der Waals surface area contributed by atoms with Crippen molar-refractivity contribution < 1.29 is 9.53 Å². The molecule has 0 bridgehead atoms. The summed E-state index contributed by atoms with van der Waals surface area (Å²) in [6.45, 7) is 3.81. The average Bonchev–Trinajstić information content (AvgIpc) is 2.94. The van der Waals surface area contributed by atoms with Gasteiger partial charge in [0.05, 0.1) is 6.10 Å². The van der Waals surface area contributed by atoms with Gasteiger partial charge in [0.1, 0.15) is 5.57 Å². The first-order chi connectivity index (χ1) is 10.1. The van der Waals surface area contributed by atoms with E-state index in [1.54, 1.807) is 0 Å². The molecule has 2 aromatic rings. The predicted octanol–water partition coefficient (Wildman–Crippen LogP) is 2.43. The Morgan fingerprint density at radius 1 is 1.33 bits per heavy atom. The van der Waals surface area contributed by atoms with Crippen LogP contribution in [0.3, 0.4) is 0 Å². The normalized spacial score (nSPS) is 16.7. The molecule has 21 heavy (non-hydrogen) atoms. The van der Waals surface area contributed by atoms with Crippen LogP contribution in [-0.2, 0) is 16.6 Å². The van der Waals surface area contributed by atoms with Gasteiger partial charge in [-0.2, -0.15) is 0 Å². The number of hydrogen-bond donors (Lipinski definition) is 1. The van der Waals surface area contributed by atoms with E-state index >= 15 is 0 Å². The highest BCUT2D eigenvalue weighted by Gasteiger charge is 2.25. The van der Waals surface area contributed by atoms with Gasteiger partial charge >= 0.3 is 0 Å². The number of carbonyl (C=O) groups is 1. The highest BCUT2D eigenvalue weighted by molar-refractivity contribution is 6.25. The standard InChI is InChI=1S/C16H17N3O2/c1-10(2)21-16-13(15(20)17-18-16)8-11-9-19(3)14-7-5-4-6-12(11)14/h4-10H,1-3H3,(H,17,20). The lowest BCUT2D eigenvalue weighted by Gasteiger charge is -2.08. The quantitative estimate of drug-likeness (QED) is 0.861. The molecule has 0 atom stereocenters. The smallest absolute Gasteiger partial charge is 0.277 e. The number of hydrazone groups is 1. The summed E-state index contributed by atoms with van der Waals surface area (Å²) in [4.78, 5) is 11.9. The number of para-hydroxylation sites is 1. The molecule has 1 N–H and O–H groups in total. The van der Waals surface area contributed by atoms with E-state index < -0.39 is 0 Å². The molecule has 2 heterocycles. The van der Waals surface area contributed by atoms with E-state index in [1.807, 2.05) is 62.0 Å². The molecule has 5 heteroatoms. The molecule has 0 fully saturated rings. The van der Waals surface area contributed by atoms with Gasteiger partial charge in [0.15, 0.2) is 0 Å². The molecule has 3 rings (SSSR count).